The van der Waals surface area contributed by atoms with Crippen LogP contribution in [0.4, 0.5) is 0 Å². The lowest BCUT2D eigenvalue weighted by Crippen LogP contribution is -1.98. The molecule has 0 N–H and O–H groups in total. The number of aryl methyl sites for hydroxylation is 1. The van der Waals surface area contributed by atoms with Crippen LogP contribution in [-0.4, -0.2) is 11.5 Å². The minimum atomic E-state index is -0.0135. The van der Waals surface area contributed by atoms with Gasteiger partial charge in [0.2, 0.25) is 0 Å². The maximum atomic E-state index is 12.4. The molecule has 0 aliphatic carbocycles. The first-order valence-electron chi connectivity index (χ1n) is 9.70. The van der Waals surface area contributed by atoms with E-state index in [2.05, 4.69) is 63.9 Å². The zero-order valence-electron chi connectivity index (χ0n) is 17.0. The van der Waals surface area contributed by atoms with Gasteiger partial charge in [-0.2, -0.15) is 0 Å². The molecule has 1 aromatic carbocycles. The molecule has 1 rings (SSSR count). The first-order valence-corrected chi connectivity index (χ1v) is 10.7. The highest BCUT2D eigenvalue weighted by Crippen LogP contribution is 2.25. The first-order chi connectivity index (χ1) is 13.0. The van der Waals surface area contributed by atoms with Gasteiger partial charge < -0.3 is 0 Å². The lowest BCUT2D eigenvalue weighted by molar-refractivity contribution is -0.111. The Morgan fingerprint density at radius 2 is 2.04 bits per heavy atom. The quantitative estimate of drug-likeness (QED) is 0.166. The van der Waals surface area contributed by atoms with Gasteiger partial charge in [-0.15, -0.1) is 17.5 Å². The summed E-state index contributed by atoms with van der Waals surface area (Å²) >= 11 is 1.75. The van der Waals surface area contributed by atoms with E-state index in [9.17, 15) is 4.79 Å². The Balaban J connectivity index is 2.76. The zero-order valence-corrected chi connectivity index (χ0v) is 17.8. The predicted octanol–water partition coefficient (Wildman–Crippen LogP) is 7.12. The molecule has 27 heavy (non-hydrogen) atoms. The van der Waals surface area contributed by atoms with Gasteiger partial charge >= 0.3 is 0 Å². The average molecular weight is 381 g/mol. The highest BCUT2D eigenvalue weighted by Gasteiger charge is 2.06. The number of carbonyl (C=O) groups is 1. The van der Waals surface area contributed by atoms with E-state index in [1.54, 1.807) is 23.9 Å². The smallest absolute Gasteiger partial charge is 0.185 e. The average Bonchev–Trinajstić information content (AvgIpc) is 2.68. The second-order valence-electron chi connectivity index (χ2n) is 6.65. The van der Waals surface area contributed by atoms with Gasteiger partial charge in [0, 0.05) is 21.8 Å². The van der Waals surface area contributed by atoms with Crippen molar-refractivity contribution in [3.63, 3.8) is 0 Å². The van der Waals surface area contributed by atoms with Crippen LogP contribution in [0, 0.1) is 5.92 Å². The second kappa shape index (κ2) is 13.2. The summed E-state index contributed by atoms with van der Waals surface area (Å²) in [6, 6.07) is 8.40. The Morgan fingerprint density at radius 3 is 2.67 bits per heavy atom. The summed E-state index contributed by atoms with van der Waals surface area (Å²) in [6.07, 6.45) is 11.4. The largest absolute Gasteiger partial charge is 0.289 e. The van der Waals surface area contributed by atoms with Crippen LogP contribution in [0.25, 0.3) is 0 Å². The third kappa shape index (κ3) is 8.47. The molecule has 0 fully saturated rings. The Morgan fingerprint density at radius 1 is 1.30 bits per heavy atom. The van der Waals surface area contributed by atoms with E-state index in [-0.39, 0.29) is 5.78 Å². The summed E-state index contributed by atoms with van der Waals surface area (Å²) in [5, 5.41) is 0. The van der Waals surface area contributed by atoms with E-state index in [0.29, 0.717) is 11.5 Å². The molecular formula is C25H32OS. The fraction of sp³-hybridized carbons (Fsp3) is 0.360. The molecule has 1 nitrogen and oxygen atoms in total. The Labute approximate surface area is 169 Å². The minimum Gasteiger partial charge on any atom is -0.289 e. The van der Waals surface area contributed by atoms with Crippen LogP contribution in [0.15, 0.2) is 83.5 Å². The monoisotopic (exact) mass is 380 g/mol. The Bertz CT molecular complexity index is 732. The molecule has 1 aromatic rings. The fourth-order valence-corrected chi connectivity index (χ4v) is 3.84. The van der Waals surface area contributed by atoms with Crippen molar-refractivity contribution in [2.24, 2.45) is 5.92 Å². The van der Waals surface area contributed by atoms with Crippen molar-refractivity contribution in [2.75, 3.05) is 5.75 Å². The molecule has 0 amide bonds. The van der Waals surface area contributed by atoms with Crippen molar-refractivity contribution in [1.29, 1.82) is 0 Å². The van der Waals surface area contributed by atoms with Crippen LogP contribution in [0.2, 0.25) is 0 Å². The van der Waals surface area contributed by atoms with Crippen LogP contribution in [-0.2, 0) is 11.2 Å². The van der Waals surface area contributed by atoms with Crippen LogP contribution < -0.4 is 0 Å². The molecule has 1 unspecified atom stereocenters. The van der Waals surface area contributed by atoms with Crippen molar-refractivity contribution in [3.8, 4) is 0 Å². The first kappa shape index (κ1) is 23.0. The van der Waals surface area contributed by atoms with Crippen molar-refractivity contribution in [1.82, 2.24) is 0 Å². The molecule has 0 aliphatic rings. The molecule has 0 radical (unpaired) electrons. The van der Waals surface area contributed by atoms with Crippen LogP contribution in [0.3, 0.4) is 0 Å². The number of carbonyl (C=O) groups excluding carboxylic acids is 1. The van der Waals surface area contributed by atoms with Crippen molar-refractivity contribution >= 4 is 17.5 Å². The van der Waals surface area contributed by atoms with Gasteiger partial charge in [-0.25, -0.2) is 0 Å². The molecule has 2 heteroatoms. The molecule has 0 bridgehead atoms. The summed E-state index contributed by atoms with van der Waals surface area (Å²) in [5.41, 5.74) is 5.79. The minimum absolute atomic E-state index is 0.0135. The van der Waals surface area contributed by atoms with Crippen molar-refractivity contribution in [3.05, 3.63) is 84.2 Å². The standard InChI is InChI=1S/C25H32OS/c1-6-13-20(5)14-12-16-24(26)23(9-4)18-21(7-2)19-27-25-17-11-10-15-22(25)8-3/h9-12,15-18,20H,2,4,6,8,13-14,19H2,1,3,5H3/b16-12+,23-18+. The normalized spacial score (nSPS) is 12.6. The van der Waals surface area contributed by atoms with E-state index in [4.69, 9.17) is 0 Å². The van der Waals surface area contributed by atoms with Gasteiger partial charge in [-0.05, 0) is 42.5 Å². The molecule has 0 aliphatic heterocycles. The van der Waals surface area contributed by atoms with E-state index in [1.165, 1.54) is 23.3 Å². The Kier molecular flexibility index (Phi) is 11.2. The van der Waals surface area contributed by atoms with Crippen LogP contribution in [0.5, 0.6) is 0 Å². The predicted molar refractivity (Wildman–Crippen MR) is 120 cm³/mol. The topological polar surface area (TPSA) is 17.1 Å². The van der Waals surface area contributed by atoms with Crippen LogP contribution >= 0.6 is 11.8 Å². The third-order valence-electron chi connectivity index (χ3n) is 4.39. The van der Waals surface area contributed by atoms with Gasteiger partial charge in [-0.1, -0.05) is 77.1 Å². The van der Waals surface area contributed by atoms with Gasteiger partial charge in [0.1, 0.15) is 0 Å². The molecule has 0 heterocycles. The number of benzene rings is 1. The van der Waals surface area contributed by atoms with Crippen molar-refractivity contribution < 1.29 is 4.79 Å². The molecule has 0 saturated carbocycles. The summed E-state index contributed by atoms with van der Waals surface area (Å²) in [6.45, 7) is 14.1. The molecule has 0 saturated heterocycles. The lowest BCUT2D eigenvalue weighted by atomic mass is 10.0. The van der Waals surface area contributed by atoms with Gasteiger partial charge in [-0.3, -0.25) is 4.79 Å². The highest BCUT2D eigenvalue weighted by atomic mass is 32.2. The zero-order chi connectivity index (χ0) is 20.1. The molecular weight excluding hydrogens is 348 g/mol. The molecule has 0 spiro atoms. The number of thioether (sulfide) groups is 1. The van der Waals surface area contributed by atoms with E-state index in [0.717, 1.165) is 24.2 Å². The molecule has 1 atom stereocenters. The van der Waals surface area contributed by atoms with Gasteiger partial charge in [0.25, 0.3) is 0 Å². The summed E-state index contributed by atoms with van der Waals surface area (Å²) in [4.78, 5) is 13.7. The number of hydrogen-bond donors (Lipinski definition) is 0. The summed E-state index contributed by atoms with van der Waals surface area (Å²) < 4.78 is 0. The van der Waals surface area contributed by atoms with E-state index < -0.39 is 0 Å². The van der Waals surface area contributed by atoms with Crippen molar-refractivity contribution in [2.45, 2.75) is 51.3 Å². The van der Waals surface area contributed by atoms with Gasteiger partial charge in [0.15, 0.2) is 5.78 Å². The van der Waals surface area contributed by atoms with E-state index >= 15 is 0 Å². The third-order valence-corrected chi connectivity index (χ3v) is 5.55. The highest BCUT2D eigenvalue weighted by molar-refractivity contribution is 7.99. The summed E-state index contributed by atoms with van der Waals surface area (Å²) in [5.74, 6) is 1.32. The maximum absolute atomic E-state index is 12.4. The maximum Gasteiger partial charge on any atom is 0.185 e. The SMILES string of the molecule is C=C=C(/C=C(\C=C)C(=O)/C=C/CC(C)CCC)CSc1ccccc1CC. The molecule has 144 valence electrons. The van der Waals surface area contributed by atoms with E-state index in [1.807, 2.05) is 12.2 Å². The second-order valence-corrected chi connectivity index (χ2v) is 7.67. The fourth-order valence-electron chi connectivity index (χ4n) is 2.77. The van der Waals surface area contributed by atoms with Crippen LogP contribution in [0.1, 0.15) is 45.6 Å². The Hall–Kier alpha value is -2.02. The number of hydrogen-bond acceptors (Lipinski definition) is 2. The van der Waals surface area contributed by atoms with Gasteiger partial charge in [0.05, 0.1) is 0 Å². The number of allylic oxidation sites excluding steroid dienone is 5. The lowest BCUT2D eigenvalue weighted by Gasteiger charge is -2.07. The number of rotatable bonds is 12. The number of ketones is 1. The molecule has 0 aromatic heterocycles. The summed E-state index contributed by atoms with van der Waals surface area (Å²) in [7, 11) is 0.